The zero-order valence-electron chi connectivity index (χ0n) is 10.2. The number of hydrogen-bond acceptors (Lipinski definition) is 5. The summed E-state index contributed by atoms with van der Waals surface area (Å²) in [7, 11) is 1.56. The molecular weight excluding hydrogens is 260 g/mol. The van der Waals surface area contributed by atoms with Gasteiger partial charge in [-0.2, -0.15) is 4.98 Å². The minimum atomic E-state index is -0.208. The lowest BCUT2D eigenvalue weighted by atomic mass is 10.2. The molecule has 4 nitrogen and oxygen atoms in total. The zero-order valence-corrected chi connectivity index (χ0v) is 11.0. The summed E-state index contributed by atoms with van der Waals surface area (Å²) in [5, 5.41) is 1.32. The lowest BCUT2D eigenvalue weighted by Crippen LogP contribution is -2.05. The van der Waals surface area contributed by atoms with Crippen molar-refractivity contribution in [1.29, 1.82) is 0 Å². The summed E-state index contributed by atoms with van der Waals surface area (Å²) < 4.78 is 6.01. The van der Waals surface area contributed by atoms with Gasteiger partial charge in [-0.1, -0.05) is 12.1 Å². The van der Waals surface area contributed by atoms with Crippen LogP contribution in [-0.2, 0) is 0 Å². The molecule has 0 N–H and O–H groups in total. The number of methoxy groups -OCH3 is 1. The minimum Gasteiger partial charge on any atom is -0.481 e. The van der Waals surface area contributed by atoms with Crippen LogP contribution in [0.15, 0.2) is 47.4 Å². The number of nitrogens with zero attached hydrogens (tertiary/aromatic N) is 2. The third-order valence-corrected chi connectivity index (χ3v) is 3.81. The van der Waals surface area contributed by atoms with Crippen molar-refractivity contribution in [3.05, 3.63) is 52.9 Å². The molecule has 0 aliphatic rings. The van der Waals surface area contributed by atoms with E-state index in [-0.39, 0.29) is 5.56 Å². The van der Waals surface area contributed by atoms with Gasteiger partial charge < -0.3 is 4.74 Å². The van der Waals surface area contributed by atoms with Crippen molar-refractivity contribution in [2.75, 3.05) is 7.11 Å². The molecule has 0 atom stereocenters. The second kappa shape index (κ2) is 4.78. The van der Waals surface area contributed by atoms with Crippen LogP contribution in [0.4, 0.5) is 0 Å². The van der Waals surface area contributed by atoms with E-state index in [2.05, 4.69) is 9.97 Å². The molecule has 0 radical (unpaired) electrons. The molecule has 0 unspecified atom stereocenters. The normalized spacial score (nSPS) is 10.6. The smallest absolute Gasteiger partial charge is 0.279 e. The molecule has 3 rings (SSSR count). The fourth-order valence-corrected chi connectivity index (χ4v) is 2.78. The summed E-state index contributed by atoms with van der Waals surface area (Å²) in [5.74, 6) is 0.507. The van der Waals surface area contributed by atoms with Crippen LogP contribution in [0.25, 0.3) is 20.7 Å². The molecule has 2 heterocycles. The summed E-state index contributed by atoms with van der Waals surface area (Å²) in [6.45, 7) is 0. The molecule has 0 spiro atoms. The summed E-state index contributed by atoms with van der Waals surface area (Å²) in [4.78, 5) is 20.1. The lowest BCUT2D eigenvalue weighted by Gasteiger charge is -2.03. The first-order valence-corrected chi connectivity index (χ1v) is 6.50. The third-order valence-electron chi connectivity index (χ3n) is 2.72. The van der Waals surface area contributed by atoms with E-state index >= 15 is 0 Å². The van der Waals surface area contributed by atoms with Crippen molar-refractivity contribution in [2.24, 2.45) is 0 Å². The Morgan fingerprint density at radius 1 is 1.21 bits per heavy atom. The van der Waals surface area contributed by atoms with Crippen LogP contribution in [0.5, 0.6) is 5.88 Å². The predicted molar refractivity (Wildman–Crippen MR) is 75.7 cm³/mol. The van der Waals surface area contributed by atoms with Gasteiger partial charge in [0, 0.05) is 22.5 Å². The minimum absolute atomic E-state index is 0.208. The monoisotopic (exact) mass is 270 g/mol. The molecule has 0 saturated carbocycles. The Morgan fingerprint density at radius 2 is 2.05 bits per heavy atom. The molecule has 19 heavy (non-hydrogen) atoms. The highest BCUT2D eigenvalue weighted by molar-refractivity contribution is 7.21. The van der Waals surface area contributed by atoms with E-state index in [1.165, 1.54) is 11.3 Å². The van der Waals surface area contributed by atoms with Crippen LogP contribution in [0.3, 0.4) is 0 Å². The fourth-order valence-electron chi connectivity index (χ4n) is 1.79. The van der Waals surface area contributed by atoms with Gasteiger partial charge in [-0.15, -0.1) is 11.3 Å². The number of ether oxygens (including phenoxy) is 1. The second-order valence-electron chi connectivity index (χ2n) is 3.91. The van der Waals surface area contributed by atoms with E-state index in [1.54, 1.807) is 25.4 Å². The van der Waals surface area contributed by atoms with E-state index in [0.717, 1.165) is 10.3 Å². The van der Waals surface area contributed by atoms with Crippen LogP contribution < -0.4 is 10.3 Å². The van der Waals surface area contributed by atoms with Gasteiger partial charge in [0.1, 0.15) is 5.01 Å². The largest absolute Gasteiger partial charge is 0.481 e. The number of benzene rings is 1. The van der Waals surface area contributed by atoms with Crippen molar-refractivity contribution in [1.82, 2.24) is 9.97 Å². The van der Waals surface area contributed by atoms with Crippen LogP contribution in [0.2, 0.25) is 0 Å². The Balaban J connectivity index is 2.22. The molecule has 1 aromatic carbocycles. The van der Waals surface area contributed by atoms with Gasteiger partial charge in [0.2, 0.25) is 5.88 Å². The number of pyridine rings is 1. The third kappa shape index (κ3) is 2.20. The van der Waals surface area contributed by atoms with Gasteiger partial charge in [0.05, 0.1) is 12.5 Å². The summed E-state index contributed by atoms with van der Waals surface area (Å²) in [6, 6.07) is 11.0. The summed E-state index contributed by atoms with van der Waals surface area (Å²) >= 11 is 1.48. The van der Waals surface area contributed by atoms with E-state index < -0.39 is 0 Å². The van der Waals surface area contributed by atoms with Gasteiger partial charge in [-0.3, -0.25) is 4.79 Å². The Hall–Kier alpha value is -2.27. The number of fused-ring (bicyclic) bond motifs is 1. The first-order valence-electron chi connectivity index (χ1n) is 5.68. The van der Waals surface area contributed by atoms with Gasteiger partial charge in [-0.05, 0) is 18.2 Å². The molecule has 94 valence electrons. The number of hydrogen-bond donors (Lipinski definition) is 0. The summed E-state index contributed by atoms with van der Waals surface area (Å²) in [6.07, 6.45) is 1.64. The quantitative estimate of drug-likeness (QED) is 0.718. The highest BCUT2D eigenvalue weighted by Gasteiger charge is 2.07. The molecule has 2 aromatic heterocycles. The number of rotatable bonds is 2. The summed E-state index contributed by atoms with van der Waals surface area (Å²) in [5.41, 5.74) is 0.625. The van der Waals surface area contributed by atoms with Crippen LogP contribution >= 0.6 is 11.3 Å². The zero-order chi connectivity index (χ0) is 13.2. The Bertz CT molecular complexity index is 799. The maximum atomic E-state index is 12.0. The topological polar surface area (TPSA) is 52.1 Å². The highest BCUT2D eigenvalue weighted by Crippen LogP contribution is 2.27. The Labute approximate surface area is 113 Å². The molecule has 5 heteroatoms. The Kier molecular flexibility index (Phi) is 2.97. The van der Waals surface area contributed by atoms with Gasteiger partial charge in [0.15, 0.2) is 0 Å². The molecular formula is C14H10N2O2S. The number of aromatic nitrogens is 2. The fraction of sp³-hybridized carbons (Fsp3) is 0.0714. The molecule has 3 aromatic rings. The first kappa shape index (κ1) is 11.8. The van der Waals surface area contributed by atoms with E-state index in [9.17, 15) is 4.79 Å². The molecule has 0 bridgehead atoms. The van der Waals surface area contributed by atoms with E-state index in [1.807, 2.05) is 24.3 Å². The molecule has 0 amide bonds. The highest BCUT2D eigenvalue weighted by atomic mass is 32.1. The van der Waals surface area contributed by atoms with Crippen molar-refractivity contribution in [2.45, 2.75) is 0 Å². The second-order valence-corrected chi connectivity index (χ2v) is 4.94. The lowest BCUT2D eigenvalue weighted by molar-refractivity contribution is 0.398. The Morgan fingerprint density at radius 3 is 2.89 bits per heavy atom. The average molecular weight is 270 g/mol. The van der Waals surface area contributed by atoms with Gasteiger partial charge in [-0.25, -0.2) is 4.98 Å². The van der Waals surface area contributed by atoms with Gasteiger partial charge in [0.25, 0.3) is 5.56 Å². The van der Waals surface area contributed by atoms with Gasteiger partial charge >= 0.3 is 0 Å². The van der Waals surface area contributed by atoms with Crippen LogP contribution in [0, 0.1) is 0 Å². The van der Waals surface area contributed by atoms with Crippen LogP contribution in [-0.4, -0.2) is 17.1 Å². The molecule has 0 fully saturated rings. The molecule has 0 aliphatic heterocycles. The first-order chi connectivity index (χ1) is 9.28. The maximum absolute atomic E-state index is 12.0. The predicted octanol–water partition coefficient (Wildman–Crippen LogP) is 2.73. The molecule has 0 aliphatic carbocycles. The van der Waals surface area contributed by atoms with Crippen LogP contribution in [0.1, 0.15) is 0 Å². The van der Waals surface area contributed by atoms with Crippen molar-refractivity contribution < 1.29 is 4.74 Å². The average Bonchev–Trinajstić information content (AvgIpc) is 2.47. The van der Waals surface area contributed by atoms with E-state index in [0.29, 0.717) is 16.3 Å². The van der Waals surface area contributed by atoms with Crippen molar-refractivity contribution >= 4 is 21.4 Å². The SMILES string of the molecule is COc1cc(-c2nc(=O)c3ccccc3s2)ccn1. The van der Waals surface area contributed by atoms with Crippen molar-refractivity contribution in [3.63, 3.8) is 0 Å². The van der Waals surface area contributed by atoms with E-state index in [4.69, 9.17) is 4.74 Å². The maximum Gasteiger partial charge on any atom is 0.279 e. The molecule has 0 saturated heterocycles. The standard InChI is InChI=1S/C14H10N2O2S/c1-18-12-8-9(6-7-15-12)14-16-13(17)10-4-2-3-5-11(10)19-14/h2-8H,1H3. The van der Waals surface area contributed by atoms with Crippen molar-refractivity contribution in [3.8, 4) is 16.5 Å².